The second-order valence-corrected chi connectivity index (χ2v) is 7.23. The zero-order valence-electron chi connectivity index (χ0n) is 16.9. The Kier molecular flexibility index (Phi) is 7.02. The predicted octanol–water partition coefficient (Wildman–Crippen LogP) is 3.47. The summed E-state index contributed by atoms with van der Waals surface area (Å²) in [5, 5.41) is 2.93. The number of nitrogen functional groups attached to an aromatic ring is 1. The third-order valence-corrected chi connectivity index (χ3v) is 4.66. The van der Waals surface area contributed by atoms with Crippen molar-refractivity contribution in [3.63, 3.8) is 0 Å². The van der Waals surface area contributed by atoms with Crippen LogP contribution in [0.2, 0.25) is 0 Å². The van der Waals surface area contributed by atoms with Crippen molar-refractivity contribution in [3.8, 4) is 11.1 Å². The number of benzene rings is 1. The molecule has 156 valence electrons. The van der Waals surface area contributed by atoms with Crippen molar-refractivity contribution < 1.29 is 14.3 Å². The van der Waals surface area contributed by atoms with Crippen LogP contribution in [0.5, 0.6) is 0 Å². The van der Waals surface area contributed by atoms with Gasteiger partial charge in [0.05, 0.1) is 12.1 Å². The Morgan fingerprint density at radius 2 is 1.90 bits per heavy atom. The Morgan fingerprint density at radius 3 is 2.48 bits per heavy atom. The highest BCUT2D eigenvalue weighted by atomic mass is 35.5. The lowest BCUT2D eigenvalue weighted by Crippen LogP contribution is -2.45. The number of rotatable bonds is 3. The molecule has 3 rings (SSSR count). The Balaban J connectivity index is 0.00000300. The third-order valence-electron chi connectivity index (χ3n) is 4.66. The van der Waals surface area contributed by atoms with E-state index in [9.17, 15) is 9.59 Å². The van der Waals surface area contributed by atoms with E-state index in [0.717, 1.165) is 22.4 Å². The van der Waals surface area contributed by atoms with E-state index < -0.39 is 6.09 Å². The molecule has 1 aromatic heterocycles. The molecule has 1 aliphatic heterocycles. The molecule has 0 saturated carbocycles. The maximum atomic E-state index is 12.2. The number of aromatic nitrogens is 2. The van der Waals surface area contributed by atoms with Crippen molar-refractivity contribution >= 4 is 36.0 Å². The molecular weight excluding hydrogens is 394 g/mol. The first-order chi connectivity index (χ1) is 13.3. The second-order valence-electron chi connectivity index (χ2n) is 7.23. The van der Waals surface area contributed by atoms with Crippen molar-refractivity contribution in [2.75, 3.05) is 10.6 Å². The SMILES string of the molecule is CC(=O)N1c2ccc(-c3cnc(N)nc3)cc2[C@@H](NC(=O)OC(C)C)C[C@H]1C.Cl. The smallest absolute Gasteiger partial charge is 0.407 e. The van der Waals surface area contributed by atoms with Crippen LogP contribution >= 0.6 is 12.4 Å². The van der Waals surface area contributed by atoms with Crippen molar-refractivity contribution in [3.05, 3.63) is 36.2 Å². The molecule has 1 aliphatic rings. The maximum absolute atomic E-state index is 12.2. The Morgan fingerprint density at radius 1 is 1.24 bits per heavy atom. The van der Waals surface area contributed by atoms with Gasteiger partial charge in [-0.1, -0.05) is 6.07 Å². The number of hydrogen-bond donors (Lipinski definition) is 2. The van der Waals surface area contributed by atoms with Crippen molar-refractivity contribution in [1.82, 2.24) is 15.3 Å². The number of amides is 2. The average Bonchev–Trinajstić information content (AvgIpc) is 2.61. The summed E-state index contributed by atoms with van der Waals surface area (Å²) in [7, 11) is 0. The molecule has 29 heavy (non-hydrogen) atoms. The molecular formula is C20H26ClN5O3. The van der Waals surface area contributed by atoms with Crippen LogP contribution in [0, 0.1) is 0 Å². The molecule has 0 spiro atoms. The van der Waals surface area contributed by atoms with Gasteiger partial charge in [-0.2, -0.15) is 0 Å². The van der Waals surface area contributed by atoms with Crippen LogP contribution < -0.4 is 16.0 Å². The van der Waals surface area contributed by atoms with Gasteiger partial charge < -0.3 is 20.7 Å². The monoisotopic (exact) mass is 419 g/mol. The first-order valence-electron chi connectivity index (χ1n) is 9.25. The highest BCUT2D eigenvalue weighted by Crippen LogP contribution is 2.39. The molecule has 0 aliphatic carbocycles. The van der Waals surface area contributed by atoms with Crippen LogP contribution in [0.15, 0.2) is 30.6 Å². The van der Waals surface area contributed by atoms with Gasteiger partial charge in [-0.05, 0) is 50.5 Å². The lowest BCUT2D eigenvalue weighted by molar-refractivity contribution is -0.117. The number of carbonyl (C=O) groups excluding carboxylic acids is 2. The van der Waals surface area contributed by atoms with E-state index in [2.05, 4.69) is 15.3 Å². The van der Waals surface area contributed by atoms with Crippen LogP contribution in [0.25, 0.3) is 11.1 Å². The fourth-order valence-corrected chi connectivity index (χ4v) is 3.54. The number of hydrogen-bond acceptors (Lipinski definition) is 6. The van der Waals surface area contributed by atoms with E-state index in [-0.39, 0.29) is 42.5 Å². The van der Waals surface area contributed by atoms with E-state index in [1.54, 1.807) is 38.1 Å². The zero-order chi connectivity index (χ0) is 20.4. The van der Waals surface area contributed by atoms with E-state index >= 15 is 0 Å². The van der Waals surface area contributed by atoms with Gasteiger partial charge in [0.25, 0.3) is 0 Å². The second kappa shape index (κ2) is 9.09. The summed E-state index contributed by atoms with van der Waals surface area (Å²) in [5.41, 5.74) is 8.88. The molecule has 2 aromatic rings. The third kappa shape index (κ3) is 4.95. The molecule has 0 bridgehead atoms. The Labute approximate surface area is 176 Å². The van der Waals surface area contributed by atoms with E-state index in [4.69, 9.17) is 10.5 Å². The van der Waals surface area contributed by atoms with Crippen molar-refractivity contribution in [1.29, 1.82) is 0 Å². The standard InChI is InChI=1S/C20H25N5O3.ClH/c1-11(2)28-20(27)24-17-7-12(3)25(13(4)26)18-6-5-14(8-16(17)18)15-9-22-19(21)23-10-15;/h5-6,8-12,17H,7H2,1-4H3,(H,24,27)(H2,21,22,23);1H/t12-,17+;/m1./s1. The summed E-state index contributed by atoms with van der Waals surface area (Å²) in [4.78, 5) is 34.2. The summed E-state index contributed by atoms with van der Waals surface area (Å²) in [5.74, 6) is 0.162. The normalized spacial score (nSPS) is 17.9. The van der Waals surface area contributed by atoms with Gasteiger partial charge in [-0.15, -0.1) is 12.4 Å². The van der Waals surface area contributed by atoms with Gasteiger partial charge in [0.2, 0.25) is 11.9 Å². The molecule has 0 fully saturated rings. The number of nitrogens with one attached hydrogen (secondary N) is 1. The minimum atomic E-state index is -0.476. The highest BCUT2D eigenvalue weighted by molar-refractivity contribution is 5.94. The molecule has 2 atom stereocenters. The molecule has 9 heteroatoms. The molecule has 0 unspecified atom stereocenters. The number of fused-ring (bicyclic) bond motifs is 1. The van der Waals surface area contributed by atoms with Gasteiger partial charge in [0.1, 0.15) is 0 Å². The Hall–Kier alpha value is -2.87. The molecule has 8 nitrogen and oxygen atoms in total. The molecule has 3 N–H and O–H groups in total. The van der Waals surface area contributed by atoms with E-state index in [1.165, 1.54) is 0 Å². The van der Waals surface area contributed by atoms with Crippen molar-refractivity contribution in [2.45, 2.75) is 52.3 Å². The van der Waals surface area contributed by atoms with Gasteiger partial charge in [-0.25, -0.2) is 14.8 Å². The van der Waals surface area contributed by atoms with Gasteiger partial charge >= 0.3 is 6.09 Å². The molecule has 0 saturated heterocycles. The Bertz CT molecular complexity index is 888. The highest BCUT2D eigenvalue weighted by Gasteiger charge is 2.33. The minimum absolute atomic E-state index is 0. The fraction of sp³-hybridized carbons (Fsp3) is 0.400. The summed E-state index contributed by atoms with van der Waals surface area (Å²) < 4.78 is 5.24. The number of nitrogens with two attached hydrogens (primary N) is 1. The number of nitrogens with zero attached hydrogens (tertiary/aromatic N) is 3. The van der Waals surface area contributed by atoms with Crippen LogP contribution in [-0.4, -0.2) is 34.1 Å². The van der Waals surface area contributed by atoms with Gasteiger partial charge in [-0.3, -0.25) is 4.79 Å². The summed E-state index contributed by atoms with van der Waals surface area (Å²) in [6.45, 7) is 7.11. The molecule has 1 aromatic carbocycles. The maximum Gasteiger partial charge on any atom is 0.407 e. The molecule has 0 radical (unpaired) electrons. The lowest BCUT2D eigenvalue weighted by atomic mass is 9.89. The van der Waals surface area contributed by atoms with Crippen LogP contribution in [-0.2, 0) is 9.53 Å². The van der Waals surface area contributed by atoms with Gasteiger partial charge in [0.15, 0.2) is 0 Å². The first-order valence-corrected chi connectivity index (χ1v) is 9.25. The number of alkyl carbamates (subject to hydrolysis) is 1. The quantitative estimate of drug-likeness (QED) is 0.788. The first kappa shape index (κ1) is 22.4. The number of anilines is 2. The van der Waals surface area contributed by atoms with Crippen LogP contribution in [0.4, 0.5) is 16.4 Å². The van der Waals surface area contributed by atoms with E-state index in [1.807, 2.05) is 25.1 Å². The largest absolute Gasteiger partial charge is 0.447 e. The zero-order valence-corrected chi connectivity index (χ0v) is 17.7. The fourth-order valence-electron chi connectivity index (χ4n) is 3.54. The average molecular weight is 420 g/mol. The topological polar surface area (TPSA) is 110 Å². The number of carbonyl (C=O) groups is 2. The number of halogens is 1. The molecule has 2 heterocycles. The molecule has 2 amide bonds. The summed E-state index contributed by atoms with van der Waals surface area (Å²) in [6.07, 6.45) is 3.19. The van der Waals surface area contributed by atoms with Crippen LogP contribution in [0.1, 0.15) is 45.7 Å². The lowest BCUT2D eigenvalue weighted by Gasteiger charge is -2.39. The predicted molar refractivity (Wildman–Crippen MR) is 114 cm³/mol. The minimum Gasteiger partial charge on any atom is -0.447 e. The van der Waals surface area contributed by atoms with E-state index in [0.29, 0.717) is 6.42 Å². The number of ether oxygens (including phenoxy) is 1. The van der Waals surface area contributed by atoms with Gasteiger partial charge in [0, 0.05) is 36.6 Å². The summed E-state index contributed by atoms with van der Waals surface area (Å²) in [6, 6.07) is 5.42. The van der Waals surface area contributed by atoms with Crippen molar-refractivity contribution in [2.24, 2.45) is 0 Å². The summed E-state index contributed by atoms with van der Waals surface area (Å²) >= 11 is 0. The van der Waals surface area contributed by atoms with Crippen LogP contribution in [0.3, 0.4) is 0 Å².